The highest BCUT2D eigenvalue weighted by Crippen LogP contribution is 2.25. The molecule has 3 rings (SSSR count). The standard InChI is InChI=1S/C24H24IN3O3S/c1-17-9-14-22(15-18(17)2)28(32(30,31)23-7-5-4-6-8-23)16-24(29)27-26-19(3)20-10-12-21(25)13-11-20/h4-15H,16H2,1-3H3,(H,27,29)/b26-19-. The lowest BCUT2D eigenvalue weighted by atomic mass is 10.1. The van der Waals surface area contributed by atoms with Crippen molar-refractivity contribution in [2.45, 2.75) is 25.7 Å². The molecule has 166 valence electrons. The van der Waals surface area contributed by atoms with Gasteiger partial charge in [0.25, 0.3) is 15.9 Å². The smallest absolute Gasteiger partial charge is 0.264 e. The molecule has 0 atom stereocenters. The van der Waals surface area contributed by atoms with Gasteiger partial charge in [-0.15, -0.1) is 0 Å². The molecule has 0 saturated heterocycles. The quantitative estimate of drug-likeness (QED) is 0.259. The molecule has 0 saturated carbocycles. The molecule has 0 unspecified atom stereocenters. The van der Waals surface area contributed by atoms with Gasteiger partial charge in [0.15, 0.2) is 0 Å². The van der Waals surface area contributed by atoms with Gasteiger partial charge in [-0.05, 0) is 96.5 Å². The average Bonchev–Trinajstić information content (AvgIpc) is 2.78. The number of carbonyl (C=O) groups is 1. The Hall–Kier alpha value is -2.72. The fourth-order valence-electron chi connectivity index (χ4n) is 2.98. The first-order valence-electron chi connectivity index (χ1n) is 9.92. The molecule has 0 aliphatic rings. The number of anilines is 1. The number of carbonyl (C=O) groups excluding carboxylic acids is 1. The third-order valence-electron chi connectivity index (χ3n) is 5.01. The van der Waals surface area contributed by atoms with Gasteiger partial charge in [-0.3, -0.25) is 9.10 Å². The van der Waals surface area contributed by atoms with Crippen LogP contribution in [0.4, 0.5) is 5.69 Å². The van der Waals surface area contributed by atoms with Crippen LogP contribution in [0.2, 0.25) is 0 Å². The second-order valence-electron chi connectivity index (χ2n) is 7.33. The maximum absolute atomic E-state index is 13.4. The van der Waals surface area contributed by atoms with Gasteiger partial charge in [0.2, 0.25) is 0 Å². The molecule has 0 aromatic heterocycles. The zero-order chi connectivity index (χ0) is 23.3. The van der Waals surface area contributed by atoms with Crippen molar-refractivity contribution >= 4 is 49.9 Å². The number of sulfonamides is 1. The maximum Gasteiger partial charge on any atom is 0.264 e. The van der Waals surface area contributed by atoms with Gasteiger partial charge in [-0.25, -0.2) is 13.8 Å². The van der Waals surface area contributed by atoms with Gasteiger partial charge < -0.3 is 0 Å². The largest absolute Gasteiger partial charge is 0.271 e. The molecule has 0 bridgehead atoms. The summed E-state index contributed by atoms with van der Waals surface area (Å²) >= 11 is 2.21. The SMILES string of the molecule is C/C(=N/NC(=O)CN(c1ccc(C)c(C)c1)S(=O)(=O)c1ccccc1)c1ccc(I)cc1. The Kier molecular flexibility index (Phi) is 7.68. The van der Waals surface area contributed by atoms with Crippen LogP contribution in [0.1, 0.15) is 23.6 Å². The van der Waals surface area contributed by atoms with Crippen LogP contribution in [0.25, 0.3) is 0 Å². The van der Waals surface area contributed by atoms with E-state index >= 15 is 0 Å². The summed E-state index contributed by atoms with van der Waals surface area (Å²) in [7, 11) is -3.95. The second-order valence-corrected chi connectivity index (χ2v) is 10.4. The lowest BCUT2D eigenvalue weighted by molar-refractivity contribution is -0.119. The summed E-state index contributed by atoms with van der Waals surface area (Å²) in [6.07, 6.45) is 0. The number of hydrogen-bond donors (Lipinski definition) is 1. The summed E-state index contributed by atoms with van der Waals surface area (Å²) in [6.45, 7) is 5.23. The third-order valence-corrected chi connectivity index (χ3v) is 7.51. The first-order valence-corrected chi connectivity index (χ1v) is 12.4. The van der Waals surface area contributed by atoms with Crippen molar-refractivity contribution in [1.29, 1.82) is 0 Å². The summed E-state index contributed by atoms with van der Waals surface area (Å²) in [5, 5.41) is 4.15. The summed E-state index contributed by atoms with van der Waals surface area (Å²) in [4.78, 5) is 12.8. The Balaban J connectivity index is 1.88. The van der Waals surface area contributed by atoms with Crippen molar-refractivity contribution < 1.29 is 13.2 Å². The number of amides is 1. The molecule has 0 aliphatic heterocycles. The Morgan fingerprint density at radius 3 is 2.25 bits per heavy atom. The van der Waals surface area contributed by atoms with Crippen LogP contribution in [-0.4, -0.2) is 26.6 Å². The van der Waals surface area contributed by atoms with Crippen molar-refractivity contribution in [2.75, 3.05) is 10.8 Å². The number of halogens is 1. The minimum atomic E-state index is -3.95. The van der Waals surface area contributed by atoms with E-state index in [0.717, 1.165) is 24.6 Å². The second kappa shape index (κ2) is 10.3. The summed E-state index contributed by atoms with van der Waals surface area (Å²) in [6, 6.07) is 21.1. The van der Waals surface area contributed by atoms with Gasteiger partial charge in [-0.2, -0.15) is 5.10 Å². The topological polar surface area (TPSA) is 78.8 Å². The normalized spacial score (nSPS) is 11.8. The van der Waals surface area contributed by atoms with Gasteiger partial charge >= 0.3 is 0 Å². The number of benzene rings is 3. The van der Waals surface area contributed by atoms with Gasteiger partial charge in [-0.1, -0.05) is 36.4 Å². The molecular formula is C24H24IN3O3S. The van der Waals surface area contributed by atoms with E-state index in [1.165, 1.54) is 12.1 Å². The molecule has 3 aromatic carbocycles. The van der Waals surface area contributed by atoms with Crippen molar-refractivity contribution in [1.82, 2.24) is 5.43 Å². The van der Waals surface area contributed by atoms with E-state index < -0.39 is 22.5 Å². The van der Waals surface area contributed by atoms with Crippen LogP contribution < -0.4 is 9.73 Å². The van der Waals surface area contributed by atoms with Crippen molar-refractivity contribution in [3.8, 4) is 0 Å². The van der Waals surface area contributed by atoms with Crippen molar-refractivity contribution in [3.05, 3.63) is 93.1 Å². The summed E-state index contributed by atoms with van der Waals surface area (Å²) in [5.41, 5.74) is 6.37. The molecule has 0 heterocycles. The Labute approximate surface area is 202 Å². The van der Waals surface area contributed by atoms with Crippen LogP contribution in [0.15, 0.2) is 82.8 Å². The highest BCUT2D eigenvalue weighted by atomic mass is 127. The number of nitrogens with zero attached hydrogens (tertiary/aromatic N) is 2. The molecule has 8 heteroatoms. The lowest BCUT2D eigenvalue weighted by Crippen LogP contribution is -2.39. The van der Waals surface area contributed by atoms with Crippen molar-refractivity contribution in [2.24, 2.45) is 5.10 Å². The zero-order valence-corrected chi connectivity index (χ0v) is 21.0. The van der Waals surface area contributed by atoms with E-state index in [0.29, 0.717) is 11.4 Å². The predicted molar refractivity (Wildman–Crippen MR) is 136 cm³/mol. The molecule has 1 N–H and O–H groups in total. The van der Waals surface area contributed by atoms with E-state index in [1.54, 1.807) is 37.3 Å². The molecule has 1 amide bonds. The first kappa shape index (κ1) is 23.9. The molecule has 0 radical (unpaired) electrons. The zero-order valence-electron chi connectivity index (χ0n) is 18.0. The molecule has 32 heavy (non-hydrogen) atoms. The van der Waals surface area contributed by atoms with Gasteiger partial charge in [0, 0.05) is 3.57 Å². The molecule has 0 spiro atoms. The van der Waals surface area contributed by atoms with Crippen LogP contribution in [0, 0.1) is 17.4 Å². The van der Waals surface area contributed by atoms with Crippen LogP contribution in [0.5, 0.6) is 0 Å². The number of aryl methyl sites for hydroxylation is 2. The minimum absolute atomic E-state index is 0.115. The van der Waals surface area contributed by atoms with E-state index in [4.69, 9.17) is 0 Å². The van der Waals surface area contributed by atoms with Crippen LogP contribution in [-0.2, 0) is 14.8 Å². The van der Waals surface area contributed by atoms with E-state index in [9.17, 15) is 13.2 Å². The number of rotatable bonds is 7. The third kappa shape index (κ3) is 5.74. The van der Waals surface area contributed by atoms with Gasteiger partial charge in [0.1, 0.15) is 6.54 Å². The summed E-state index contributed by atoms with van der Waals surface area (Å²) < 4.78 is 28.9. The van der Waals surface area contributed by atoms with E-state index in [2.05, 4.69) is 33.1 Å². The van der Waals surface area contributed by atoms with Crippen LogP contribution in [0.3, 0.4) is 0 Å². The number of hydrogen-bond acceptors (Lipinski definition) is 4. The fraction of sp³-hybridized carbons (Fsp3) is 0.167. The summed E-state index contributed by atoms with van der Waals surface area (Å²) in [5.74, 6) is -0.535. The van der Waals surface area contributed by atoms with Crippen molar-refractivity contribution in [3.63, 3.8) is 0 Å². The first-order chi connectivity index (χ1) is 15.2. The Morgan fingerprint density at radius 2 is 1.62 bits per heavy atom. The lowest BCUT2D eigenvalue weighted by Gasteiger charge is -2.24. The predicted octanol–water partition coefficient (Wildman–Crippen LogP) is 4.64. The molecule has 3 aromatic rings. The Bertz CT molecular complexity index is 1240. The molecular weight excluding hydrogens is 537 g/mol. The molecule has 6 nitrogen and oxygen atoms in total. The fourth-order valence-corrected chi connectivity index (χ4v) is 4.78. The number of nitrogens with one attached hydrogen (secondary N) is 1. The Morgan fingerprint density at radius 1 is 0.969 bits per heavy atom. The van der Waals surface area contributed by atoms with Crippen LogP contribution >= 0.6 is 22.6 Å². The monoisotopic (exact) mass is 561 g/mol. The molecule has 0 fully saturated rings. The minimum Gasteiger partial charge on any atom is -0.271 e. The maximum atomic E-state index is 13.4. The highest BCUT2D eigenvalue weighted by Gasteiger charge is 2.27. The average molecular weight is 561 g/mol. The number of hydrazone groups is 1. The highest BCUT2D eigenvalue weighted by molar-refractivity contribution is 14.1. The van der Waals surface area contributed by atoms with E-state index in [-0.39, 0.29) is 4.90 Å². The molecule has 0 aliphatic carbocycles. The van der Waals surface area contributed by atoms with E-state index in [1.807, 2.05) is 44.2 Å². The van der Waals surface area contributed by atoms with Gasteiger partial charge in [0.05, 0.1) is 16.3 Å².